The van der Waals surface area contributed by atoms with Gasteiger partial charge in [-0.1, -0.05) is 36.4 Å². The van der Waals surface area contributed by atoms with Crippen LogP contribution in [0.2, 0.25) is 0 Å². The van der Waals surface area contributed by atoms with Gasteiger partial charge in [0.2, 0.25) is 0 Å². The summed E-state index contributed by atoms with van der Waals surface area (Å²) in [5.74, 6) is -1.00. The summed E-state index contributed by atoms with van der Waals surface area (Å²) in [6, 6.07) is 17.4. The highest BCUT2D eigenvalue weighted by molar-refractivity contribution is 5.90. The highest BCUT2D eigenvalue weighted by atomic mass is 16.6. The van der Waals surface area contributed by atoms with E-state index in [1.165, 1.54) is 0 Å². The standard InChI is InChI=1S/C22H22O6/c23-20(14-7-3-1-4-8-14)27-18-11-16-13-26-22(25)17(16)12-19(18)28-21(24)15-9-5-2-6-10-15/h1-10,16-19,22,25H,11-13H2/t16-,17-,18+,19-,22?/m1/s1. The van der Waals surface area contributed by atoms with Gasteiger partial charge in [-0.25, -0.2) is 9.59 Å². The minimum atomic E-state index is -0.881. The third-order valence-electron chi connectivity index (χ3n) is 5.44. The first-order chi connectivity index (χ1) is 13.6. The molecule has 0 aromatic heterocycles. The van der Waals surface area contributed by atoms with Gasteiger partial charge in [-0.05, 0) is 43.0 Å². The van der Waals surface area contributed by atoms with Crippen molar-refractivity contribution in [1.29, 1.82) is 0 Å². The highest BCUT2D eigenvalue weighted by Gasteiger charge is 2.47. The van der Waals surface area contributed by atoms with E-state index in [0.29, 0.717) is 30.6 Å². The molecule has 0 bridgehead atoms. The van der Waals surface area contributed by atoms with Crippen LogP contribution in [0.15, 0.2) is 60.7 Å². The van der Waals surface area contributed by atoms with Crippen molar-refractivity contribution in [3.63, 3.8) is 0 Å². The van der Waals surface area contributed by atoms with E-state index in [-0.39, 0.29) is 11.8 Å². The third kappa shape index (κ3) is 3.93. The average molecular weight is 382 g/mol. The fourth-order valence-electron chi connectivity index (χ4n) is 3.93. The van der Waals surface area contributed by atoms with E-state index < -0.39 is 30.4 Å². The largest absolute Gasteiger partial charge is 0.455 e. The summed E-state index contributed by atoms with van der Waals surface area (Å²) in [7, 11) is 0. The number of carbonyl (C=O) groups excluding carboxylic acids is 2. The van der Waals surface area contributed by atoms with Crippen LogP contribution >= 0.6 is 0 Å². The lowest BCUT2D eigenvalue weighted by atomic mass is 9.77. The molecule has 1 aliphatic carbocycles. The molecule has 146 valence electrons. The monoisotopic (exact) mass is 382 g/mol. The third-order valence-corrected chi connectivity index (χ3v) is 5.44. The SMILES string of the molecule is O=C(O[C@H]1C[C@@H]2COC(O)[C@@H]2C[C@H]1OC(=O)c1ccccc1)c1ccccc1. The van der Waals surface area contributed by atoms with Gasteiger partial charge in [0.05, 0.1) is 17.7 Å². The molecule has 6 heteroatoms. The molecule has 0 spiro atoms. The first-order valence-corrected chi connectivity index (χ1v) is 9.43. The van der Waals surface area contributed by atoms with Crippen LogP contribution in [0.5, 0.6) is 0 Å². The van der Waals surface area contributed by atoms with Crippen LogP contribution in [0.25, 0.3) is 0 Å². The maximum atomic E-state index is 12.5. The smallest absolute Gasteiger partial charge is 0.338 e. The van der Waals surface area contributed by atoms with E-state index >= 15 is 0 Å². The fourth-order valence-corrected chi connectivity index (χ4v) is 3.93. The lowest BCUT2D eigenvalue weighted by Crippen LogP contribution is -2.45. The van der Waals surface area contributed by atoms with E-state index in [2.05, 4.69) is 0 Å². The van der Waals surface area contributed by atoms with Crippen LogP contribution in [0.3, 0.4) is 0 Å². The Morgan fingerprint density at radius 1 is 0.821 bits per heavy atom. The number of ether oxygens (including phenoxy) is 3. The number of hydrogen-bond donors (Lipinski definition) is 1. The van der Waals surface area contributed by atoms with Crippen molar-refractivity contribution >= 4 is 11.9 Å². The van der Waals surface area contributed by atoms with Crippen molar-refractivity contribution in [2.45, 2.75) is 31.3 Å². The molecule has 2 aromatic rings. The van der Waals surface area contributed by atoms with Gasteiger partial charge in [0, 0.05) is 5.92 Å². The van der Waals surface area contributed by atoms with Crippen molar-refractivity contribution in [3.8, 4) is 0 Å². The minimum absolute atomic E-state index is 0.0650. The van der Waals surface area contributed by atoms with Gasteiger partial charge in [-0.15, -0.1) is 0 Å². The Hall–Kier alpha value is -2.70. The van der Waals surface area contributed by atoms with Crippen LogP contribution in [0.4, 0.5) is 0 Å². The molecule has 6 nitrogen and oxygen atoms in total. The summed E-state index contributed by atoms with van der Waals surface area (Å²) in [4.78, 5) is 25.1. The van der Waals surface area contributed by atoms with Crippen LogP contribution in [-0.4, -0.2) is 42.1 Å². The lowest BCUT2D eigenvalue weighted by Gasteiger charge is -2.37. The highest BCUT2D eigenvalue weighted by Crippen LogP contribution is 2.40. The van der Waals surface area contributed by atoms with Gasteiger partial charge in [0.25, 0.3) is 0 Å². The molecule has 0 radical (unpaired) electrons. The predicted molar refractivity (Wildman–Crippen MR) is 99.5 cm³/mol. The Morgan fingerprint density at radius 3 is 1.86 bits per heavy atom. The van der Waals surface area contributed by atoms with Crippen molar-refractivity contribution < 1.29 is 28.9 Å². The summed E-state index contributed by atoms with van der Waals surface area (Å²) in [6.07, 6.45) is -1.24. The molecule has 1 saturated heterocycles. The Kier molecular flexibility index (Phi) is 5.41. The molecule has 2 aliphatic rings. The molecule has 4 rings (SSSR count). The Labute approximate surface area is 163 Å². The van der Waals surface area contributed by atoms with Gasteiger partial charge >= 0.3 is 11.9 Å². The minimum Gasteiger partial charge on any atom is -0.455 e. The molecule has 1 aliphatic heterocycles. The van der Waals surface area contributed by atoms with Gasteiger partial charge in [0.1, 0.15) is 12.2 Å². The molecule has 2 aromatic carbocycles. The summed E-state index contributed by atoms with van der Waals surface area (Å²) in [5, 5.41) is 10.1. The molecule has 28 heavy (non-hydrogen) atoms. The number of hydrogen-bond acceptors (Lipinski definition) is 6. The molecule has 1 heterocycles. The van der Waals surface area contributed by atoms with E-state index in [1.54, 1.807) is 48.5 Å². The van der Waals surface area contributed by atoms with E-state index in [0.717, 1.165) is 0 Å². The van der Waals surface area contributed by atoms with Gasteiger partial charge in [0.15, 0.2) is 6.29 Å². The lowest BCUT2D eigenvalue weighted by molar-refractivity contribution is -0.109. The normalized spacial score (nSPS) is 29.0. The fraction of sp³-hybridized carbons (Fsp3) is 0.364. The van der Waals surface area contributed by atoms with E-state index in [1.807, 2.05) is 12.1 Å². The zero-order valence-electron chi connectivity index (χ0n) is 15.3. The maximum Gasteiger partial charge on any atom is 0.338 e. The quantitative estimate of drug-likeness (QED) is 0.819. The number of aliphatic hydroxyl groups is 1. The average Bonchev–Trinajstić information content (AvgIpc) is 3.09. The number of fused-ring (bicyclic) bond motifs is 1. The molecule has 2 fully saturated rings. The Bertz CT molecular complexity index is 821. The second kappa shape index (κ2) is 8.12. The van der Waals surface area contributed by atoms with Crippen molar-refractivity contribution in [2.75, 3.05) is 6.61 Å². The second-order valence-corrected chi connectivity index (χ2v) is 7.24. The Balaban J connectivity index is 1.51. The van der Waals surface area contributed by atoms with Gasteiger partial charge in [-0.3, -0.25) is 0 Å². The van der Waals surface area contributed by atoms with Crippen LogP contribution in [0, 0.1) is 11.8 Å². The van der Waals surface area contributed by atoms with Gasteiger partial charge in [-0.2, -0.15) is 0 Å². The molecular formula is C22H22O6. The number of esters is 2. The summed E-state index contributed by atoms with van der Waals surface area (Å²) < 4.78 is 16.8. The topological polar surface area (TPSA) is 82.1 Å². The van der Waals surface area contributed by atoms with Crippen LogP contribution in [0.1, 0.15) is 33.6 Å². The predicted octanol–water partition coefficient (Wildman–Crippen LogP) is 2.81. The summed E-state index contributed by atoms with van der Waals surface area (Å²) in [5.41, 5.74) is 0.876. The molecule has 5 atom stereocenters. The molecule has 1 saturated carbocycles. The maximum absolute atomic E-state index is 12.5. The van der Waals surface area contributed by atoms with Crippen LogP contribution < -0.4 is 0 Å². The van der Waals surface area contributed by atoms with Crippen molar-refractivity contribution in [1.82, 2.24) is 0 Å². The van der Waals surface area contributed by atoms with E-state index in [9.17, 15) is 14.7 Å². The summed E-state index contributed by atoms with van der Waals surface area (Å²) >= 11 is 0. The molecule has 1 unspecified atom stereocenters. The van der Waals surface area contributed by atoms with Crippen molar-refractivity contribution in [2.24, 2.45) is 11.8 Å². The first-order valence-electron chi connectivity index (χ1n) is 9.43. The number of rotatable bonds is 4. The number of benzene rings is 2. The zero-order chi connectivity index (χ0) is 19.5. The number of carbonyl (C=O) groups is 2. The Morgan fingerprint density at radius 2 is 1.32 bits per heavy atom. The van der Waals surface area contributed by atoms with E-state index in [4.69, 9.17) is 14.2 Å². The first kappa shape index (κ1) is 18.7. The second-order valence-electron chi connectivity index (χ2n) is 7.24. The van der Waals surface area contributed by atoms with Crippen molar-refractivity contribution in [3.05, 3.63) is 71.8 Å². The summed E-state index contributed by atoms with van der Waals surface area (Å²) in [6.45, 7) is 0.407. The zero-order valence-corrected chi connectivity index (χ0v) is 15.3. The molecular weight excluding hydrogens is 360 g/mol. The number of aliphatic hydroxyl groups excluding tert-OH is 1. The van der Waals surface area contributed by atoms with Crippen LogP contribution in [-0.2, 0) is 14.2 Å². The molecule has 0 amide bonds. The molecule has 1 N–H and O–H groups in total. The van der Waals surface area contributed by atoms with Gasteiger partial charge < -0.3 is 19.3 Å².